The lowest BCUT2D eigenvalue weighted by atomic mass is 10.0. The maximum Gasteiger partial charge on any atom is 0.305 e. The molecular weight excluding hydrogens is 430 g/mol. The third-order valence-corrected chi connectivity index (χ3v) is 5.51. The van der Waals surface area contributed by atoms with Crippen LogP contribution < -0.4 is 10.1 Å². The van der Waals surface area contributed by atoms with Crippen molar-refractivity contribution in [2.45, 2.75) is 32.3 Å². The van der Waals surface area contributed by atoms with Crippen molar-refractivity contribution >= 4 is 22.8 Å². The third-order valence-electron chi connectivity index (χ3n) is 5.51. The van der Waals surface area contributed by atoms with E-state index in [-0.39, 0.29) is 25.0 Å². The van der Waals surface area contributed by atoms with Gasteiger partial charge in [-0.15, -0.1) is 0 Å². The van der Waals surface area contributed by atoms with Crippen LogP contribution in [0.5, 0.6) is 5.75 Å². The molecule has 0 unspecified atom stereocenters. The van der Waals surface area contributed by atoms with Crippen LogP contribution in [-0.4, -0.2) is 33.3 Å². The molecule has 3 aromatic carbocycles. The smallest absolute Gasteiger partial charge is 0.305 e. The lowest BCUT2D eigenvalue weighted by molar-refractivity contribution is -0.136. The van der Waals surface area contributed by atoms with Gasteiger partial charge in [-0.3, -0.25) is 9.59 Å². The number of hydrogen-bond donors (Lipinski definition) is 2. The number of carboxylic acids is 1. The fourth-order valence-corrected chi connectivity index (χ4v) is 3.73. The Morgan fingerprint density at radius 1 is 1.03 bits per heavy atom. The van der Waals surface area contributed by atoms with Gasteiger partial charge in [-0.1, -0.05) is 43.7 Å². The molecule has 0 spiro atoms. The minimum atomic E-state index is -0.943. The van der Waals surface area contributed by atoms with Crippen molar-refractivity contribution in [3.8, 4) is 11.4 Å². The molecule has 0 bridgehead atoms. The molecule has 0 aliphatic heterocycles. The van der Waals surface area contributed by atoms with Crippen LogP contribution in [0.15, 0.2) is 79.0 Å². The number of amides is 1. The SMILES string of the molecule is CCC[C@@H](Oc1ccc(-n2cc3ccccc3n2)cc1)c1ccc(C(=O)NCCC(=O)O)cc1. The molecule has 1 atom stereocenters. The van der Waals surface area contributed by atoms with Gasteiger partial charge in [0.05, 0.1) is 17.6 Å². The number of carbonyl (C=O) groups is 2. The van der Waals surface area contributed by atoms with Crippen LogP contribution in [0.1, 0.15) is 48.2 Å². The van der Waals surface area contributed by atoms with E-state index in [1.54, 1.807) is 12.1 Å². The Kier molecular flexibility index (Phi) is 7.22. The lowest BCUT2D eigenvalue weighted by Crippen LogP contribution is -2.26. The molecule has 7 heteroatoms. The van der Waals surface area contributed by atoms with Crippen molar-refractivity contribution in [2.75, 3.05) is 6.54 Å². The number of hydrogen-bond acceptors (Lipinski definition) is 4. The van der Waals surface area contributed by atoms with E-state index in [2.05, 4.69) is 17.3 Å². The Balaban J connectivity index is 1.43. The average molecular weight is 458 g/mol. The molecule has 0 radical (unpaired) electrons. The first-order chi connectivity index (χ1) is 16.5. The molecule has 1 amide bonds. The first-order valence-electron chi connectivity index (χ1n) is 11.3. The second-order valence-electron chi connectivity index (χ2n) is 8.04. The van der Waals surface area contributed by atoms with Crippen molar-refractivity contribution < 1.29 is 19.4 Å². The number of carbonyl (C=O) groups excluding carboxylic acids is 1. The largest absolute Gasteiger partial charge is 0.486 e. The van der Waals surface area contributed by atoms with Crippen LogP contribution >= 0.6 is 0 Å². The molecule has 0 saturated heterocycles. The molecule has 1 aromatic heterocycles. The van der Waals surface area contributed by atoms with Crippen LogP contribution in [0, 0.1) is 0 Å². The second kappa shape index (κ2) is 10.7. The molecule has 0 fully saturated rings. The standard InChI is InChI=1S/C27H27N3O4/c1-2-5-25(19-8-10-20(11-9-19)27(33)28-17-16-26(31)32)34-23-14-12-22(13-15-23)30-18-21-6-3-4-7-24(21)29-30/h3-4,6-15,18,25H,2,5,16-17H2,1H3,(H,28,33)(H,31,32)/t25-/m1/s1. The van der Waals surface area contributed by atoms with Crippen molar-refractivity contribution in [3.63, 3.8) is 0 Å². The average Bonchev–Trinajstić information content (AvgIpc) is 3.28. The van der Waals surface area contributed by atoms with E-state index in [0.717, 1.165) is 40.7 Å². The zero-order chi connectivity index (χ0) is 23.9. The number of ether oxygens (including phenoxy) is 1. The molecule has 0 aliphatic rings. The van der Waals surface area contributed by atoms with Gasteiger partial charge >= 0.3 is 5.97 Å². The van der Waals surface area contributed by atoms with Gasteiger partial charge in [0, 0.05) is 23.7 Å². The Bertz CT molecular complexity index is 1230. The topological polar surface area (TPSA) is 93.5 Å². The van der Waals surface area contributed by atoms with Gasteiger partial charge in [0.1, 0.15) is 11.9 Å². The number of nitrogens with one attached hydrogen (secondary N) is 1. The second-order valence-corrected chi connectivity index (χ2v) is 8.04. The van der Waals surface area contributed by atoms with Gasteiger partial charge in [0.2, 0.25) is 0 Å². The summed E-state index contributed by atoms with van der Waals surface area (Å²) in [6.07, 6.45) is 3.53. The maximum atomic E-state index is 12.2. The van der Waals surface area contributed by atoms with Gasteiger partial charge in [0.15, 0.2) is 0 Å². The van der Waals surface area contributed by atoms with Crippen LogP contribution in [-0.2, 0) is 4.79 Å². The number of benzene rings is 3. The molecule has 4 aromatic rings. The lowest BCUT2D eigenvalue weighted by Gasteiger charge is -2.19. The number of aliphatic carboxylic acids is 1. The van der Waals surface area contributed by atoms with Gasteiger partial charge in [-0.25, -0.2) is 4.68 Å². The van der Waals surface area contributed by atoms with Gasteiger partial charge in [-0.2, -0.15) is 5.10 Å². The van der Waals surface area contributed by atoms with Crippen molar-refractivity contribution in [1.29, 1.82) is 0 Å². The van der Waals surface area contributed by atoms with E-state index in [9.17, 15) is 9.59 Å². The first kappa shape index (κ1) is 23.0. The van der Waals surface area contributed by atoms with Crippen molar-refractivity contribution in [3.05, 3.63) is 90.1 Å². The maximum absolute atomic E-state index is 12.2. The summed E-state index contributed by atoms with van der Waals surface area (Å²) >= 11 is 0. The molecule has 0 saturated carbocycles. The number of carboxylic acid groups (broad SMARTS) is 1. The summed E-state index contributed by atoms with van der Waals surface area (Å²) in [7, 11) is 0. The number of aromatic nitrogens is 2. The summed E-state index contributed by atoms with van der Waals surface area (Å²) in [5.41, 5.74) is 3.37. The number of fused-ring (bicyclic) bond motifs is 1. The summed E-state index contributed by atoms with van der Waals surface area (Å²) in [5.74, 6) is -0.474. The Morgan fingerprint density at radius 2 is 1.76 bits per heavy atom. The van der Waals surface area contributed by atoms with Crippen molar-refractivity contribution in [2.24, 2.45) is 0 Å². The minimum Gasteiger partial charge on any atom is -0.486 e. The van der Waals surface area contributed by atoms with Gasteiger partial charge in [0.25, 0.3) is 5.91 Å². The summed E-state index contributed by atoms with van der Waals surface area (Å²) in [4.78, 5) is 22.8. The van der Waals surface area contributed by atoms with E-state index in [1.807, 2.05) is 71.5 Å². The van der Waals surface area contributed by atoms with E-state index in [0.29, 0.717) is 5.56 Å². The highest BCUT2D eigenvalue weighted by Gasteiger charge is 2.14. The number of nitrogens with zero attached hydrogens (tertiary/aromatic N) is 2. The van der Waals surface area contributed by atoms with Crippen LogP contribution in [0.2, 0.25) is 0 Å². The molecular formula is C27H27N3O4. The highest BCUT2D eigenvalue weighted by molar-refractivity contribution is 5.94. The summed E-state index contributed by atoms with van der Waals surface area (Å²) < 4.78 is 8.15. The zero-order valence-corrected chi connectivity index (χ0v) is 19.0. The Hall–Kier alpha value is -4.13. The normalized spacial score (nSPS) is 11.8. The summed E-state index contributed by atoms with van der Waals surface area (Å²) in [5, 5.41) is 17.0. The predicted molar refractivity (Wildman–Crippen MR) is 130 cm³/mol. The van der Waals surface area contributed by atoms with Crippen LogP contribution in [0.4, 0.5) is 0 Å². The van der Waals surface area contributed by atoms with Crippen LogP contribution in [0.3, 0.4) is 0 Å². The zero-order valence-electron chi connectivity index (χ0n) is 19.0. The summed E-state index contributed by atoms with van der Waals surface area (Å²) in [6, 6.07) is 23.1. The third kappa shape index (κ3) is 5.61. The number of rotatable bonds is 10. The molecule has 174 valence electrons. The Morgan fingerprint density at radius 3 is 2.44 bits per heavy atom. The quantitative estimate of drug-likeness (QED) is 0.343. The van der Waals surface area contributed by atoms with E-state index in [4.69, 9.17) is 9.84 Å². The molecule has 1 heterocycles. The molecule has 4 rings (SSSR count). The van der Waals surface area contributed by atoms with E-state index >= 15 is 0 Å². The highest BCUT2D eigenvalue weighted by Crippen LogP contribution is 2.27. The predicted octanol–water partition coefficient (Wildman–Crippen LogP) is 5.15. The van der Waals surface area contributed by atoms with Gasteiger partial charge in [-0.05, 0) is 54.4 Å². The summed E-state index contributed by atoms with van der Waals surface area (Å²) in [6.45, 7) is 2.20. The molecule has 2 N–H and O–H groups in total. The van der Waals surface area contributed by atoms with Crippen LogP contribution in [0.25, 0.3) is 16.6 Å². The fourth-order valence-electron chi connectivity index (χ4n) is 3.73. The monoisotopic (exact) mass is 457 g/mol. The molecule has 0 aliphatic carbocycles. The van der Waals surface area contributed by atoms with E-state index < -0.39 is 5.97 Å². The van der Waals surface area contributed by atoms with Crippen molar-refractivity contribution in [1.82, 2.24) is 15.1 Å². The Labute approximate surface area is 198 Å². The molecule has 7 nitrogen and oxygen atoms in total. The van der Waals surface area contributed by atoms with E-state index in [1.165, 1.54) is 0 Å². The first-order valence-corrected chi connectivity index (χ1v) is 11.3. The fraction of sp³-hybridized carbons (Fsp3) is 0.222. The molecule has 34 heavy (non-hydrogen) atoms. The minimum absolute atomic E-state index is 0.0992. The highest BCUT2D eigenvalue weighted by atomic mass is 16.5. The van der Waals surface area contributed by atoms with Gasteiger partial charge < -0.3 is 15.2 Å².